The molecule has 2 N–H and O–H groups in total. The lowest BCUT2D eigenvalue weighted by molar-refractivity contribution is 0.884. The van der Waals surface area contributed by atoms with Gasteiger partial charge in [-0.15, -0.1) is 0 Å². The molecule has 0 saturated heterocycles. The molecular formula is C8H8ClN3. The highest BCUT2D eigenvalue weighted by atomic mass is 35.5. The van der Waals surface area contributed by atoms with E-state index in [1.807, 2.05) is 18.3 Å². The molecule has 0 aliphatic heterocycles. The Morgan fingerprint density at radius 3 is 3.08 bits per heavy atom. The fourth-order valence-corrected chi connectivity index (χ4v) is 1.29. The number of nitrogens with two attached hydrogens (primary N) is 1. The first-order chi connectivity index (χ1) is 5.79. The molecule has 3 nitrogen and oxygen atoms in total. The second-order valence-electron chi connectivity index (χ2n) is 2.55. The minimum atomic E-state index is 0.458. The predicted octanol–water partition coefficient (Wildman–Crippen LogP) is 1.45. The summed E-state index contributed by atoms with van der Waals surface area (Å²) in [6.07, 6.45) is 1.82. The van der Waals surface area contributed by atoms with Gasteiger partial charge in [-0.05, 0) is 18.2 Å². The van der Waals surface area contributed by atoms with E-state index in [0.29, 0.717) is 11.6 Å². The second kappa shape index (κ2) is 2.77. The number of aromatic nitrogens is 2. The van der Waals surface area contributed by atoms with E-state index < -0.39 is 0 Å². The van der Waals surface area contributed by atoms with Gasteiger partial charge in [0.1, 0.15) is 0 Å². The number of pyridine rings is 1. The van der Waals surface area contributed by atoms with E-state index in [4.69, 9.17) is 17.3 Å². The molecular weight excluding hydrogens is 174 g/mol. The van der Waals surface area contributed by atoms with Crippen LogP contribution >= 0.6 is 11.6 Å². The van der Waals surface area contributed by atoms with Crippen LogP contribution in [0.25, 0.3) is 5.52 Å². The van der Waals surface area contributed by atoms with Crippen molar-refractivity contribution in [2.45, 2.75) is 6.54 Å². The number of hydrogen-bond donors (Lipinski definition) is 1. The van der Waals surface area contributed by atoms with Crippen LogP contribution in [-0.2, 0) is 6.54 Å². The van der Waals surface area contributed by atoms with Crippen LogP contribution in [0.3, 0.4) is 0 Å². The summed E-state index contributed by atoms with van der Waals surface area (Å²) in [6.45, 7) is 0.458. The highest BCUT2D eigenvalue weighted by molar-refractivity contribution is 6.30. The molecule has 2 rings (SSSR count). The van der Waals surface area contributed by atoms with E-state index in [1.54, 1.807) is 10.6 Å². The summed E-state index contributed by atoms with van der Waals surface area (Å²) in [5.41, 5.74) is 7.29. The third kappa shape index (κ3) is 1.17. The highest BCUT2D eigenvalue weighted by Crippen LogP contribution is 2.12. The molecule has 0 radical (unpaired) electrons. The van der Waals surface area contributed by atoms with Crippen LogP contribution in [0.5, 0.6) is 0 Å². The van der Waals surface area contributed by atoms with Crippen LogP contribution in [0.15, 0.2) is 24.4 Å². The normalized spacial score (nSPS) is 10.8. The molecule has 0 unspecified atom stereocenters. The van der Waals surface area contributed by atoms with Crippen LogP contribution in [0.4, 0.5) is 0 Å². The number of nitrogens with zero attached hydrogens (tertiary/aromatic N) is 2. The molecule has 0 bridgehead atoms. The summed E-state index contributed by atoms with van der Waals surface area (Å²) in [5.74, 6) is 0. The molecule has 2 heterocycles. The third-order valence-electron chi connectivity index (χ3n) is 1.69. The first-order valence-electron chi connectivity index (χ1n) is 3.63. The molecule has 62 valence electrons. The van der Waals surface area contributed by atoms with Crippen molar-refractivity contribution in [3.63, 3.8) is 0 Å². The topological polar surface area (TPSA) is 43.3 Å². The van der Waals surface area contributed by atoms with Gasteiger partial charge in [-0.3, -0.25) is 0 Å². The average molecular weight is 182 g/mol. The van der Waals surface area contributed by atoms with Crippen LogP contribution in [0.2, 0.25) is 5.02 Å². The monoisotopic (exact) mass is 181 g/mol. The summed E-state index contributed by atoms with van der Waals surface area (Å²) >= 11 is 5.80. The van der Waals surface area contributed by atoms with E-state index in [1.165, 1.54) is 0 Å². The highest BCUT2D eigenvalue weighted by Gasteiger charge is 1.98. The molecule has 0 aliphatic rings. The smallest absolute Gasteiger partial charge is 0.0770 e. The Kier molecular flexibility index (Phi) is 1.75. The summed E-state index contributed by atoms with van der Waals surface area (Å²) in [5, 5.41) is 4.92. The molecule has 0 aromatic carbocycles. The zero-order valence-electron chi connectivity index (χ0n) is 6.37. The van der Waals surface area contributed by atoms with Gasteiger partial charge >= 0.3 is 0 Å². The van der Waals surface area contributed by atoms with Crippen molar-refractivity contribution in [2.75, 3.05) is 0 Å². The zero-order valence-corrected chi connectivity index (χ0v) is 7.12. The van der Waals surface area contributed by atoms with Crippen molar-refractivity contribution in [3.8, 4) is 0 Å². The summed E-state index contributed by atoms with van der Waals surface area (Å²) in [7, 11) is 0. The third-order valence-corrected chi connectivity index (χ3v) is 1.92. The summed E-state index contributed by atoms with van der Waals surface area (Å²) in [4.78, 5) is 0. The lowest BCUT2D eigenvalue weighted by Crippen LogP contribution is -1.96. The molecule has 2 aromatic rings. The molecule has 4 heteroatoms. The van der Waals surface area contributed by atoms with Crippen LogP contribution in [-0.4, -0.2) is 9.61 Å². The largest absolute Gasteiger partial charge is 0.325 e. The number of halogens is 1. The minimum absolute atomic E-state index is 0.458. The van der Waals surface area contributed by atoms with E-state index >= 15 is 0 Å². The Balaban J connectivity index is 2.67. The van der Waals surface area contributed by atoms with Crippen LogP contribution in [0, 0.1) is 0 Å². The van der Waals surface area contributed by atoms with Crippen molar-refractivity contribution in [3.05, 3.63) is 35.1 Å². The molecule has 0 atom stereocenters. The first-order valence-corrected chi connectivity index (χ1v) is 4.01. The summed E-state index contributed by atoms with van der Waals surface area (Å²) < 4.78 is 1.76. The minimum Gasteiger partial charge on any atom is -0.325 e. The maximum atomic E-state index is 5.80. The number of hydrogen-bond acceptors (Lipinski definition) is 2. The lowest BCUT2D eigenvalue weighted by Gasteiger charge is -1.91. The van der Waals surface area contributed by atoms with Crippen LogP contribution < -0.4 is 5.73 Å². The summed E-state index contributed by atoms with van der Waals surface area (Å²) in [6, 6.07) is 5.57. The van der Waals surface area contributed by atoms with Gasteiger partial charge in [-0.25, -0.2) is 4.52 Å². The van der Waals surface area contributed by atoms with Gasteiger partial charge in [0.15, 0.2) is 0 Å². The predicted molar refractivity (Wildman–Crippen MR) is 48.1 cm³/mol. The average Bonchev–Trinajstić information content (AvgIpc) is 2.46. The van der Waals surface area contributed by atoms with E-state index in [9.17, 15) is 0 Å². The molecule has 2 aromatic heterocycles. The fourth-order valence-electron chi connectivity index (χ4n) is 1.12. The second-order valence-corrected chi connectivity index (χ2v) is 2.99. The van der Waals surface area contributed by atoms with Gasteiger partial charge in [-0.1, -0.05) is 11.6 Å². The Morgan fingerprint density at radius 1 is 1.50 bits per heavy atom. The molecule has 0 amide bonds. The van der Waals surface area contributed by atoms with Crippen molar-refractivity contribution < 1.29 is 0 Å². The number of fused-ring (bicyclic) bond motifs is 1. The van der Waals surface area contributed by atoms with Crippen molar-refractivity contribution in [1.82, 2.24) is 9.61 Å². The molecule has 12 heavy (non-hydrogen) atoms. The van der Waals surface area contributed by atoms with Crippen LogP contribution in [0.1, 0.15) is 5.69 Å². The Hall–Kier alpha value is -1.06. The van der Waals surface area contributed by atoms with Crippen molar-refractivity contribution >= 4 is 17.1 Å². The van der Waals surface area contributed by atoms with E-state index in [0.717, 1.165) is 11.2 Å². The molecule has 0 saturated carbocycles. The van der Waals surface area contributed by atoms with Gasteiger partial charge in [0, 0.05) is 17.8 Å². The maximum Gasteiger partial charge on any atom is 0.0770 e. The van der Waals surface area contributed by atoms with Gasteiger partial charge in [0.05, 0.1) is 11.2 Å². The van der Waals surface area contributed by atoms with E-state index in [-0.39, 0.29) is 0 Å². The Labute approximate surface area is 74.7 Å². The van der Waals surface area contributed by atoms with Gasteiger partial charge in [0.25, 0.3) is 0 Å². The van der Waals surface area contributed by atoms with Gasteiger partial charge in [-0.2, -0.15) is 5.10 Å². The SMILES string of the molecule is NCc1cc2cc(Cl)ccn2n1. The fraction of sp³-hybridized carbons (Fsp3) is 0.125. The van der Waals surface area contributed by atoms with Gasteiger partial charge in [0.2, 0.25) is 0 Å². The molecule has 0 spiro atoms. The lowest BCUT2D eigenvalue weighted by atomic mass is 10.3. The van der Waals surface area contributed by atoms with Gasteiger partial charge < -0.3 is 5.73 Å². The van der Waals surface area contributed by atoms with E-state index in [2.05, 4.69) is 5.10 Å². The Bertz CT molecular complexity index is 408. The quantitative estimate of drug-likeness (QED) is 0.724. The molecule has 0 fully saturated rings. The maximum absolute atomic E-state index is 5.80. The molecule has 0 aliphatic carbocycles. The number of rotatable bonds is 1. The standard InChI is InChI=1S/C8H8ClN3/c9-6-1-2-12-8(3-6)4-7(5-10)11-12/h1-4H,5,10H2. The Morgan fingerprint density at radius 2 is 2.33 bits per heavy atom. The first kappa shape index (κ1) is 7.58. The van der Waals surface area contributed by atoms with Crippen molar-refractivity contribution in [2.24, 2.45) is 5.73 Å². The van der Waals surface area contributed by atoms with Crippen molar-refractivity contribution in [1.29, 1.82) is 0 Å². The zero-order chi connectivity index (χ0) is 8.55.